The third-order valence-corrected chi connectivity index (χ3v) is 6.48. The fourth-order valence-electron chi connectivity index (χ4n) is 4.54. The normalized spacial score (nSPS) is 16.3. The SMILES string of the molecule is CNC1=C(N(C)CCCN2CCN(c3ccc(C(=O)OC)cc3)CC2)C(=O)c2ncncc2C1=O. The van der Waals surface area contributed by atoms with Crippen LogP contribution < -0.4 is 10.2 Å². The van der Waals surface area contributed by atoms with E-state index >= 15 is 0 Å². The summed E-state index contributed by atoms with van der Waals surface area (Å²) in [7, 11) is 4.86. The van der Waals surface area contributed by atoms with Crippen molar-refractivity contribution in [2.75, 3.05) is 65.4 Å². The maximum absolute atomic E-state index is 13.1. The number of ketones is 2. The molecule has 184 valence electrons. The van der Waals surface area contributed by atoms with Crippen LogP contribution in [0.25, 0.3) is 0 Å². The summed E-state index contributed by atoms with van der Waals surface area (Å²) in [5.74, 6) is -0.860. The molecule has 10 nitrogen and oxygen atoms in total. The van der Waals surface area contributed by atoms with Crippen LogP contribution in [0.5, 0.6) is 0 Å². The number of allylic oxidation sites excluding steroid dienone is 2. The number of anilines is 1. The number of Topliss-reactive ketones (excluding diaryl/α,β-unsaturated/α-hetero) is 2. The predicted molar refractivity (Wildman–Crippen MR) is 130 cm³/mol. The number of benzene rings is 1. The lowest BCUT2D eigenvalue weighted by Gasteiger charge is -2.36. The van der Waals surface area contributed by atoms with E-state index in [9.17, 15) is 14.4 Å². The molecule has 0 unspecified atom stereocenters. The first kappa shape index (κ1) is 24.3. The van der Waals surface area contributed by atoms with Crippen molar-refractivity contribution in [1.29, 1.82) is 0 Å². The molecule has 2 aliphatic rings. The highest BCUT2D eigenvalue weighted by Gasteiger charge is 2.35. The van der Waals surface area contributed by atoms with Gasteiger partial charge in [0.15, 0.2) is 0 Å². The van der Waals surface area contributed by atoms with E-state index in [2.05, 4.69) is 25.1 Å². The molecule has 10 heteroatoms. The number of piperazine rings is 1. The van der Waals surface area contributed by atoms with Gasteiger partial charge in [-0.25, -0.2) is 14.8 Å². The molecule has 1 aliphatic carbocycles. The second-order valence-electron chi connectivity index (χ2n) is 8.56. The van der Waals surface area contributed by atoms with E-state index in [1.54, 1.807) is 19.2 Å². The number of nitrogens with one attached hydrogen (secondary N) is 1. The molecular formula is C25H30N6O4. The highest BCUT2D eigenvalue weighted by Crippen LogP contribution is 2.25. The zero-order valence-corrected chi connectivity index (χ0v) is 20.3. The van der Waals surface area contributed by atoms with Crippen LogP contribution in [0.15, 0.2) is 48.2 Å². The van der Waals surface area contributed by atoms with Crippen LogP contribution in [0, 0.1) is 0 Å². The summed E-state index contributed by atoms with van der Waals surface area (Å²) >= 11 is 0. The minimum Gasteiger partial charge on any atom is -0.465 e. The third-order valence-electron chi connectivity index (χ3n) is 6.48. The van der Waals surface area contributed by atoms with Crippen molar-refractivity contribution in [3.8, 4) is 0 Å². The van der Waals surface area contributed by atoms with E-state index in [1.807, 2.05) is 24.1 Å². The number of fused-ring (bicyclic) bond motifs is 1. The Morgan fingerprint density at radius 2 is 1.83 bits per heavy atom. The molecule has 2 heterocycles. The molecule has 0 radical (unpaired) electrons. The van der Waals surface area contributed by atoms with Gasteiger partial charge in [-0.05, 0) is 37.2 Å². The molecule has 35 heavy (non-hydrogen) atoms. The minimum atomic E-state index is -0.333. The summed E-state index contributed by atoms with van der Waals surface area (Å²) in [6, 6.07) is 7.49. The number of aromatic nitrogens is 2. The quantitative estimate of drug-likeness (QED) is 0.556. The number of hydrogen-bond acceptors (Lipinski definition) is 10. The number of carbonyl (C=O) groups is 3. The molecule has 2 aromatic rings. The topological polar surface area (TPSA) is 108 Å². The summed E-state index contributed by atoms with van der Waals surface area (Å²) < 4.78 is 4.76. The van der Waals surface area contributed by atoms with E-state index in [-0.39, 0.29) is 34.5 Å². The summed E-state index contributed by atoms with van der Waals surface area (Å²) in [5, 5.41) is 2.90. The van der Waals surface area contributed by atoms with Gasteiger partial charge in [-0.15, -0.1) is 0 Å². The van der Waals surface area contributed by atoms with Crippen molar-refractivity contribution in [2.45, 2.75) is 6.42 Å². The molecule has 0 amide bonds. The van der Waals surface area contributed by atoms with E-state index < -0.39 is 0 Å². The molecular weight excluding hydrogens is 448 g/mol. The minimum absolute atomic E-state index is 0.154. The smallest absolute Gasteiger partial charge is 0.337 e. The molecule has 0 atom stereocenters. The maximum Gasteiger partial charge on any atom is 0.337 e. The maximum atomic E-state index is 13.1. The van der Waals surface area contributed by atoms with Gasteiger partial charge in [0.05, 0.1) is 18.2 Å². The van der Waals surface area contributed by atoms with Crippen LogP contribution >= 0.6 is 0 Å². The Morgan fingerprint density at radius 3 is 2.49 bits per heavy atom. The monoisotopic (exact) mass is 478 g/mol. The summed E-state index contributed by atoms with van der Waals surface area (Å²) in [6.07, 6.45) is 3.53. The van der Waals surface area contributed by atoms with Crippen LogP contribution in [-0.2, 0) is 4.74 Å². The molecule has 1 N–H and O–H groups in total. The standard InChI is InChI=1S/C25H30N6O4/c1-26-21-22(24(33)20-19(23(21)32)15-27-16-28-20)29(2)9-4-10-30-11-13-31(14-12-30)18-7-5-17(6-8-18)25(34)35-3/h5-8,15-16,26H,4,9-14H2,1-3H3. The number of methoxy groups -OCH3 is 1. The molecule has 1 aliphatic heterocycles. The Morgan fingerprint density at radius 1 is 1.11 bits per heavy atom. The average molecular weight is 479 g/mol. The van der Waals surface area contributed by atoms with Gasteiger partial charge >= 0.3 is 5.97 Å². The molecule has 4 rings (SSSR count). The molecule has 0 spiro atoms. The zero-order chi connectivity index (χ0) is 24.9. The van der Waals surface area contributed by atoms with Crippen molar-refractivity contribution in [2.24, 2.45) is 0 Å². The van der Waals surface area contributed by atoms with Gasteiger partial charge in [-0.3, -0.25) is 14.5 Å². The van der Waals surface area contributed by atoms with Gasteiger partial charge in [0.2, 0.25) is 11.6 Å². The van der Waals surface area contributed by atoms with Crippen LogP contribution in [0.2, 0.25) is 0 Å². The Bertz CT molecular complexity index is 1140. The van der Waals surface area contributed by atoms with Gasteiger partial charge < -0.3 is 19.9 Å². The van der Waals surface area contributed by atoms with Crippen LogP contribution in [-0.4, -0.2) is 97.8 Å². The Hall–Kier alpha value is -3.79. The fourth-order valence-corrected chi connectivity index (χ4v) is 4.54. The molecule has 0 saturated carbocycles. The second kappa shape index (κ2) is 10.6. The van der Waals surface area contributed by atoms with Gasteiger partial charge in [-0.1, -0.05) is 0 Å². The first-order valence-electron chi connectivity index (χ1n) is 11.6. The van der Waals surface area contributed by atoms with Gasteiger partial charge in [0.1, 0.15) is 23.4 Å². The number of likely N-dealkylation sites (N-methyl/N-ethyl adjacent to an activating group) is 2. The third kappa shape index (κ3) is 5.02. The van der Waals surface area contributed by atoms with Crippen molar-refractivity contribution >= 4 is 23.2 Å². The Labute approximate surface area is 204 Å². The van der Waals surface area contributed by atoms with Crippen LogP contribution in [0.1, 0.15) is 37.6 Å². The number of nitrogens with zero attached hydrogens (tertiary/aromatic N) is 5. The highest BCUT2D eigenvalue weighted by molar-refractivity contribution is 6.25. The number of esters is 1. The first-order chi connectivity index (χ1) is 16.9. The van der Waals surface area contributed by atoms with Crippen LogP contribution in [0.4, 0.5) is 5.69 Å². The zero-order valence-electron chi connectivity index (χ0n) is 20.3. The number of hydrogen-bond donors (Lipinski definition) is 1. The lowest BCUT2D eigenvalue weighted by Crippen LogP contribution is -2.47. The van der Waals surface area contributed by atoms with E-state index in [0.717, 1.165) is 44.8 Å². The number of carbonyl (C=O) groups excluding carboxylic acids is 3. The summed E-state index contributed by atoms with van der Waals surface area (Å²) in [6.45, 7) is 5.17. The number of ether oxygens (including phenoxy) is 1. The van der Waals surface area contributed by atoms with Gasteiger partial charge in [0.25, 0.3) is 0 Å². The van der Waals surface area contributed by atoms with E-state index in [0.29, 0.717) is 17.8 Å². The van der Waals surface area contributed by atoms with Gasteiger partial charge in [0, 0.05) is 58.7 Å². The average Bonchev–Trinajstić information content (AvgIpc) is 2.90. The largest absolute Gasteiger partial charge is 0.465 e. The van der Waals surface area contributed by atoms with Crippen molar-refractivity contribution in [3.05, 3.63) is 65.0 Å². The summed E-state index contributed by atoms with van der Waals surface area (Å²) in [5.41, 5.74) is 2.66. The van der Waals surface area contributed by atoms with Crippen molar-refractivity contribution in [1.82, 2.24) is 25.1 Å². The van der Waals surface area contributed by atoms with E-state index in [4.69, 9.17) is 4.74 Å². The lowest BCUT2D eigenvalue weighted by atomic mass is 9.95. The Kier molecular flexibility index (Phi) is 7.40. The van der Waals surface area contributed by atoms with E-state index in [1.165, 1.54) is 19.6 Å². The molecule has 0 bridgehead atoms. The highest BCUT2D eigenvalue weighted by atomic mass is 16.5. The Balaban J connectivity index is 1.29. The van der Waals surface area contributed by atoms with Gasteiger partial charge in [-0.2, -0.15) is 0 Å². The van der Waals surface area contributed by atoms with Crippen LogP contribution in [0.3, 0.4) is 0 Å². The summed E-state index contributed by atoms with van der Waals surface area (Å²) in [4.78, 5) is 52.0. The van der Waals surface area contributed by atoms with Crippen molar-refractivity contribution < 1.29 is 19.1 Å². The molecule has 1 saturated heterocycles. The second-order valence-corrected chi connectivity index (χ2v) is 8.56. The molecule has 1 aromatic heterocycles. The first-order valence-corrected chi connectivity index (χ1v) is 11.6. The fraction of sp³-hybridized carbons (Fsp3) is 0.400. The number of rotatable bonds is 8. The molecule has 1 aromatic carbocycles. The lowest BCUT2D eigenvalue weighted by molar-refractivity contribution is 0.0600. The van der Waals surface area contributed by atoms with Crippen molar-refractivity contribution in [3.63, 3.8) is 0 Å². The predicted octanol–water partition coefficient (Wildman–Crippen LogP) is 1.22. The molecule has 1 fully saturated rings.